The Kier molecular flexibility index (Phi) is 6.93. The smallest absolute Gasteiger partial charge is 0.240 e. The molecule has 0 unspecified atom stereocenters. The van der Waals surface area contributed by atoms with E-state index in [1.165, 1.54) is 11.8 Å². The average molecular weight is 412 g/mol. The number of anilines is 1. The number of thioether (sulfide) groups is 1. The Hall–Kier alpha value is -2.80. The summed E-state index contributed by atoms with van der Waals surface area (Å²) in [6.07, 6.45) is 1.79. The zero-order valence-corrected chi connectivity index (χ0v) is 17.6. The Labute approximate surface area is 175 Å². The van der Waals surface area contributed by atoms with Crippen LogP contribution in [0.4, 0.5) is 11.4 Å². The molecule has 1 fully saturated rings. The Morgan fingerprint density at radius 2 is 1.83 bits per heavy atom. The molecule has 29 heavy (non-hydrogen) atoms. The van der Waals surface area contributed by atoms with Crippen molar-refractivity contribution in [3.63, 3.8) is 0 Å². The molecule has 7 heteroatoms. The molecule has 6 nitrogen and oxygen atoms in total. The molecule has 0 radical (unpaired) electrons. The van der Waals surface area contributed by atoms with Crippen LogP contribution in [0.3, 0.4) is 0 Å². The first-order valence-electron chi connectivity index (χ1n) is 9.65. The summed E-state index contributed by atoms with van der Waals surface area (Å²) in [5, 5.41) is 5.66. The van der Waals surface area contributed by atoms with Crippen molar-refractivity contribution in [1.29, 1.82) is 0 Å². The summed E-state index contributed by atoms with van der Waals surface area (Å²) in [5.41, 5.74) is 3.79. The number of carbonyl (C=O) groups is 2. The molecule has 2 N–H and O–H groups in total. The molecule has 2 aromatic carbocycles. The van der Waals surface area contributed by atoms with E-state index < -0.39 is 5.25 Å². The third-order valence-electron chi connectivity index (χ3n) is 4.71. The zero-order valence-electron chi connectivity index (χ0n) is 16.8. The number of methoxy groups -OCH3 is 1. The monoisotopic (exact) mass is 411 g/mol. The zero-order chi connectivity index (χ0) is 20.8. The predicted molar refractivity (Wildman–Crippen MR) is 118 cm³/mol. The summed E-state index contributed by atoms with van der Waals surface area (Å²) in [6.45, 7) is 4.17. The Morgan fingerprint density at radius 3 is 2.48 bits per heavy atom. The first kappa shape index (κ1) is 20.9. The molecule has 2 aromatic rings. The van der Waals surface area contributed by atoms with Crippen LogP contribution in [0.15, 0.2) is 47.5 Å². The molecule has 0 bridgehead atoms. The largest absolute Gasteiger partial charge is 0.495 e. The summed E-state index contributed by atoms with van der Waals surface area (Å²) in [7, 11) is 1.55. The van der Waals surface area contributed by atoms with Crippen molar-refractivity contribution in [1.82, 2.24) is 5.32 Å². The van der Waals surface area contributed by atoms with Crippen LogP contribution in [0.5, 0.6) is 5.75 Å². The van der Waals surface area contributed by atoms with Crippen molar-refractivity contribution in [2.45, 2.75) is 38.4 Å². The van der Waals surface area contributed by atoms with Crippen LogP contribution < -0.4 is 15.4 Å². The lowest BCUT2D eigenvalue weighted by atomic mass is 10.0. The van der Waals surface area contributed by atoms with Gasteiger partial charge >= 0.3 is 0 Å². The van der Waals surface area contributed by atoms with Gasteiger partial charge in [-0.2, -0.15) is 0 Å². The molecule has 0 aromatic heterocycles. The van der Waals surface area contributed by atoms with Gasteiger partial charge in [-0.1, -0.05) is 55.9 Å². The molecular formula is C22H25N3O3S. The van der Waals surface area contributed by atoms with E-state index in [9.17, 15) is 9.59 Å². The fourth-order valence-corrected chi connectivity index (χ4v) is 4.14. The second-order valence-corrected chi connectivity index (χ2v) is 7.79. The van der Waals surface area contributed by atoms with Crippen molar-refractivity contribution in [3.8, 4) is 5.75 Å². The number of hydrogen-bond donors (Lipinski definition) is 2. The number of aliphatic imine (C=N–C) groups is 1. The molecule has 2 amide bonds. The van der Waals surface area contributed by atoms with Gasteiger partial charge in [0, 0.05) is 6.42 Å². The van der Waals surface area contributed by atoms with Crippen LogP contribution in [0, 0.1) is 0 Å². The van der Waals surface area contributed by atoms with Crippen molar-refractivity contribution in [2.75, 3.05) is 12.4 Å². The minimum atomic E-state index is -0.512. The van der Waals surface area contributed by atoms with E-state index in [2.05, 4.69) is 36.6 Å². The molecule has 0 aliphatic carbocycles. The fourth-order valence-electron chi connectivity index (χ4n) is 3.17. The van der Waals surface area contributed by atoms with Crippen molar-refractivity contribution >= 4 is 40.1 Å². The second kappa shape index (κ2) is 9.60. The minimum absolute atomic E-state index is 0.0592. The summed E-state index contributed by atoms with van der Waals surface area (Å²) in [6, 6.07) is 13.3. The number of ether oxygens (including phenoxy) is 1. The highest BCUT2D eigenvalue weighted by Gasteiger charge is 2.32. The van der Waals surface area contributed by atoms with Crippen molar-refractivity contribution in [2.24, 2.45) is 4.99 Å². The van der Waals surface area contributed by atoms with Crippen molar-refractivity contribution in [3.05, 3.63) is 53.6 Å². The van der Waals surface area contributed by atoms with Crippen LogP contribution in [0.1, 0.15) is 31.4 Å². The third-order valence-corrected chi connectivity index (χ3v) is 5.79. The SMILES string of the molecule is CCc1cccc(CC)c1N=C1NC(=O)[C@@H](CC(=O)Nc2ccccc2OC)S1. The van der Waals surface area contributed by atoms with Gasteiger partial charge in [0.05, 0.1) is 18.5 Å². The van der Waals surface area contributed by atoms with E-state index in [0.717, 1.165) is 29.7 Å². The lowest BCUT2D eigenvalue weighted by molar-refractivity contribution is -0.122. The maximum absolute atomic E-state index is 12.4. The number of hydrogen-bond acceptors (Lipinski definition) is 5. The van der Waals surface area contributed by atoms with Gasteiger partial charge in [0.25, 0.3) is 0 Å². The molecule has 1 aliphatic rings. The number of rotatable bonds is 7. The number of benzene rings is 2. The highest BCUT2D eigenvalue weighted by atomic mass is 32.2. The van der Waals surface area contributed by atoms with Gasteiger partial charge < -0.3 is 15.4 Å². The number of nitrogens with zero attached hydrogens (tertiary/aromatic N) is 1. The maximum atomic E-state index is 12.4. The van der Waals surface area contributed by atoms with E-state index in [1.807, 2.05) is 18.2 Å². The molecule has 1 atom stereocenters. The number of amidine groups is 1. The molecule has 3 rings (SSSR count). The molecular weight excluding hydrogens is 386 g/mol. The topological polar surface area (TPSA) is 79.8 Å². The summed E-state index contributed by atoms with van der Waals surface area (Å²) in [5.74, 6) is 0.137. The molecule has 1 aliphatic heterocycles. The van der Waals surface area contributed by atoms with E-state index in [1.54, 1.807) is 19.2 Å². The number of para-hydroxylation sites is 3. The summed E-state index contributed by atoms with van der Waals surface area (Å²) < 4.78 is 5.25. The molecule has 1 saturated heterocycles. The maximum Gasteiger partial charge on any atom is 0.240 e. The van der Waals surface area contributed by atoms with Gasteiger partial charge in [0.1, 0.15) is 11.0 Å². The van der Waals surface area contributed by atoms with E-state index in [4.69, 9.17) is 9.73 Å². The van der Waals surface area contributed by atoms with Crippen LogP contribution in [-0.4, -0.2) is 29.3 Å². The van der Waals surface area contributed by atoms with Gasteiger partial charge in [-0.05, 0) is 36.1 Å². The van der Waals surface area contributed by atoms with Crippen LogP contribution in [0.25, 0.3) is 0 Å². The number of amides is 2. The van der Waals surface area contributed by atoms with Gasteiger partial charge in [-0.15, -0.1) is 0 Å². The number of nitrogens with one attached hydrogen (secondary N) is 2. The highest BCUT2D eigenvalue weighted by Crippen LogP contribution is 2.31. The van der Waals surface area contributed by atoms with Crippen LogP contribution in [-0.2, 0) is 22.4 Å². The molecule has 1 heterocycles. The standard InChI is InChI=1S/C22H25N3O3S/c1-4-14-9-8-10-15(5-2)20(14)24-22-25-21(27)18(29-22)13-19(26)23-16-11-6-7-12-17(16)28-3/h6-12,18H,4-5,13H2,1-3H3,(H,23,26)(H,24,25,27)/t18-/m1/s1. The summed E-state index contributed by atoms with van der Waals surface area (Å²) in [4.78, 5) is 29.5. The van der Waals surface area contributed by atoms with Gasteiger partial charge in [0.2, 0.25) is 11.8 Å². The van der Waals surface area contributed by atoms with E-state index in [0.29, 0.717) is 16.6 Å². The molecule has 152 valence electrons. The first-order valence-corrected chi connectivity index (χ1v) is 10.5. The lowest BCUT2D eigenvalue weighted by Crippen LogP contribution is -2.28. The lowest BCUT2D eigenvalue weighted by Gasteiger charge is -2.11. The van der Waals surface area contributed by atoms with Gasteiger partial charge in [-0.3, -0.25) is 9.59 Å². The quantitative estimate of drug-likeness (QED) is 0.720. The average Bonchev–Trinajstić information content (AvgIpc) is 3.07. The number of carbonyl (C=O) groups excluding carboxylic acids is 2. The van der Waals surface area contributed by atoms with E-state index in [-0.39, 0.29) is 18.2 Å². The fraction of sp³-hybridized carbons (Fsp3) is 0.318. The van der Waals surface area contributed by atoms with Crippen LogP contribution in [0.2, 0.25) is 0 Å². The Balaban J connectivity index is 1.71. The minimum Gasteiger partial charge on any atom is -0.495 e. The van der Waals surface area contributed by atoms with Gasteiger partial charge in [-0.25, -0.2) is 4.99 Å². The highest BCUT2D eigenvalue weighted by molar-refractivity contribution is 8.15. The number of aryl methyl sites for hydroxylation is 2. The predicted octanol–water partition coefficient (Wildman–Crippen LogP) is 4.07. The third kappa shape index (κ3) is 4.98. The Morgan fingerprint density at radius 1 is 1.14 bits per heavy atom. The molecule has 0 spiro atoms. The van der Waals surface area contributed by atoms with Crippen molar-refractivity contribution < 1.29 is 14.3 Å². The Bertz CT molecular complexity index is 920. The van der Waals surface area contributed by atoms with Crippen LogP contribution >= 0.6 is 11.8 Å². The second-order valence-electron chi connectivity index (χ2n) is 6.60. The summed E-state index contributed by atoms with van der Waals surface area (Å²) >= 11 is 1.30. The molecule has 0 saturated carbocycles. The first-order chi connectivity index (χ1) is 14.0. The normalized spacial score (nSPS) is 17.3. The van der Waals surface area contributed by atoms with Gasteiger partial charge in [0.15, 0.2) is 5.17 Å². The van der Waals surface area contributed by atoms with E-state index >= 15 is 0 Å².